The van der Waals surface area contributed by atoms with E-state index in [-0.39, 0.29) is 5.91 Å². The van der Waals surface area contributed by atoms with E-state index in [0.717, 1.165) is 25.7 Å². The highest BCUT2D eigenvalue weighted by Gasteiger charge is 2.40. The molecule has 0 saturated heterocycles. The maximum Gasteiger partial charge on any atom is 0.231 e. The first-order valence-corrected chi connectivity index (χ1v) is 7.28. The molecular formula is C13H15Cl3N2O. The molecule has 0 aliphatic heterocycles. The summed E-state index contributed by atoms with van der Waals surface area (Å²) in [6, 6.07) is 3.08. The molecule has 3 N–H and O–H groups in total. The van der Waals surface area contributed by atoms with Gasteiger partial charge in [0.05, 0.1) is 26.2 Å². The van der Waals surface area contributed by atoms with E-state index in [2.05, 4.69) is 5.32 Å². The van der Waals surface area contributed by atoms with Gasteiger partial charge in [-0.05, 0) is 25.0 Å². The van der Waals surface area contributed by atoms with Gasteiger partial charge in [0.1, 0.15) is 0 Å². The quantitative estimate of drug-likeness (QED) is 0.823. The Labute approximate surface area is 127 Å². The van der Waals surface area contributed by atoms with Crippen LogP contribution in [-0.2, 0) is 4.79 Å². The molecule has 1 aliphatic rings. The summed E-state index contributed by atoms with van der Waals surface area (Å²) in [5.41, 5.74) is 5.77. The summed E-state index contributed by atoms with van der Waals surface area (Å²) in [6.07, 6.45) is 3.68. The van der Waals surface area contributed by atoms with Crippen LogP contribution in [0.5, 0.6) is 0 Å². The van der Waals surface area contributed by atoms with Gasteiger partial charge in [-0.25, -0.2) is 0 Å². The minimum absolute atomic E-state index is 0.0900. The first-order valence-electron chi connectivity index (χ1n) is 6.14. The predicted molar refractivity (Wildman–Crippen MR) is 80.1 cm³/mol. The lowest BCUT2D eigenvalue weighted by Crippen LogP contribution is -2.40. The van der Waals surface area contributed by atoms with E-state index in [1.165, 1.54) is 6.07 Å². The lowest BCUT2D eigenvalue weighted by Gasteiger charge is -2.26. The molecule has 104 valence electrons. The van der Waals surface area contributed by atoms with Crippen molar-refractivity contribution in [2.45, 2.75) is 25.7 Å². The van der Waals surface area contributed by atoms with Crippen LogP contribution in [0.1, 0.15) is 25.7 Å². The fourth-order valence-electron chi connectivity index (χ4n) is 2.45. The van der Waals surface area contributed by atoms with Crippen molar-refractivity contribution in [2.24, 2.45) is 11.1 Å². The molecule has 0 atom stereocenters. The molecule has 0 spiro atoms. The zero-order valence-electron chi connectivity index (χ0n) is 10.3. The van der Waals surface area contributed by atoms with Crippen molar-refractivity contribution in [2.75, 3.05) is 11.9 Å². The standard InChI is InChI=1S/C13H15Cl3N2O/c14-8-5-10(16)11(6-9(8)15)18-12(19)13(7-17)3-1-2-4-13/h5-6H,1-4,7,17H2,(H,18,19). The Hall–Kier alpha value is -0.480. The highest BCUT2D eigenvalue weighted by Crippen LogP contribution is 2.39. The van der Waals surface area contributed by atoms with Gasteiger partial charge in [-0.1, -0.05) is 47.6 Å². The van der Waals surface area contributed by atoms with E-state index in [1.54, 1.807) is 6.07 Å². The monoisotopic (exact) mass is 320 g/mol. The smallest absolute Gasteiger partial charge is 0.231 e. The topological polar surface area (TPSA) is 55.1 Å². The van der Waals surface area contributed by atoms with Gasteiger partial charge in [0.2, 0.25) is 5.91 Å². The number of amides is 1. The molecule has 19 heavy (non-hydrogen) atoms. The number of rotatable bonds is 3. The van der Waals surface area contributed by atoms with E-state index >= 15 is 0 Å². The van der Waals surface area contributed by atoms with Crippen LogP contribution >= 0.6 is 34.8 Å². The van der Waals surface area contributed by atoms with Crippen LogP contribution in [0.2, 0.25) is 15.1 Å². The van der Waals surface area contributed by atoms with Crippen LogP contribution in [0.15, 0.2) is 12.1 Å². The summed E-state index contributed by atoms with van der Waals surface area (Å²) in [6.45, 7) is 0.345. The van der Waals surface area contributed by atoms with Crippen LogP contribution in [0, 0.1) is 5.41 Å². The van der Waals surface area contributed by atoms with Crippen molar-refractivity contribution in [3.8, 4) is 0 Å². The third-order valence-electron chi connectivity index (χ3n) is 3.69. The molecule has 0 heterocycles. The second-order valence-corrected chi connectivity index (χ2v) is 6.11. The zero-order valence-corrected chi connectivity index (χ0v) is 12.6. The number of nitrogens with two attached hydrogens (primary N) is 1. The molecule has 3 nitrogen and oxygen atoms in total. The van der Waals surface area contributed by atoms with Crippen molar-refractivity contribution in [1.29, 1.82) is 0 Å². The molecule has 1 aromatic rings. The lowest BCUT2D eigenvalue weighted by molar-refractivity contribution is -0.124. The minimum Gasteiger partial charge on any atom is -0.329 e. The number of carbonyl (C=O) groups is 1. The fraction of sp³-hybridized carbons (Fsp3) is 0.462. The van der Waals surface area contributed by atoms with Crippen molar-refractivity contribution in [3.05, 3.63) is 27.2 Å². The molecular weight excluding hydrogens is 307 g/mol. The first-order chi connectivity index (χ1) is 8.98. The summed E-state index contributed by atoms with van der Waals surface area (Å²) in [5, 5.41) is 3.90. The fourth-order valence-corrected chi connectivity index (χ4v) is 3.04. The predicted octanol–water partition coefficient (Wildman–Crippen LogP) is 4.10. The lowest BCUT2D eigenvalue weighted by atomic mass is 9.85. The van der Waals surface area contributed by atoms with Gasteiger partial charge >= 0.3 is 0 Å². The number of nitrogens with one attached hydrogen (secondary N) is 1. The number of benzene rings is 1. The van der Waals surface area contributed by atoms with E-state index in [0.29, 0.717) is 27.3 Å². The van der Waals surface area contributed by atoms with Gasteiger partial charge < -0.3 is 11.1 Å². The first kappa shape index (κ1) is 14.9. The Kier molecular flexibility index (Phi) is 4.62. The second kappa shape index (κ2) is 5.88. The number of carbonyl (C=O) groups excluding carboxylic acids is 1. The van der Waals surface area contributed by atoms with Gasteiger partial charge in [-0.2, -0.15) is 0 Å². The molecule has 1 saturated carbocycles. The molecule has 0 radical (unpaired) electrons. The molecule has 0 bridgehead atoms. The second-order valence-electron chi connectivity index (χ2n) is 4.89. The van der Waals surface area contributed by atoms with Gasteiger partial charge in [0.15, 0.2) is 0 Å². The largest absolute Gasteiger partial charge is 0.329 e. The Bertz CT molecular complexity index is 499. The number of anilines is 1. The molecule has 0 aromatic heterocycles. The molecule has 1 aliphatic carbocycles. The molecule has 0 unspecified atom stereocenters. The summed E-state index contributed by atoms with van der Waals surface area (Å²) in [4.78, 5) is 12.4. The van der Waals surface area contributed by atoms with E-state index < -0.39 is 5.41 Å². The molecule has 1 fully saturated rings. The van der Waals surface area contributed by atoms with Crippen LogP contribution < -0.4 is 11.1 Å². The third kappa shape index (κ3) is 3.00. The Morgan fingerprint density at radius 3 is 2.32 bits per heavy atom. The molecule has 1 aromatic carbocycles. The maximum absolute atomic E-state index is 12.4. The van der Waals surface area contributed by atoms with Crippen molar-refractivity contribution >= 4 is 46.4 Å². The average Bonchev–Trinajstić information content (AvgIpc) is 2.86. The van der Waals surface area contributed by atoms with Crippen LogP contribution in [0.25, 0.3) is 0 Å². The number of hydrogen-bond acceptors (Lipinski definition) is 2. The summed E-state index contributed by atoms with van der Waals surface area (Å²) < 4.78 is 0. The zero-order chi connectivity index (χ0) is 14.0. The van der Waals surface area contributed by atoms with Gasteiger partial charge in [-0.3, -0.25) is 4.79 Å². The van der Waals surface area contributed by atoms with Crippen molar-refractivity contribution in [1.82, 2.24) is 0 Å². The summed E-state index contributed by atoms with van der Waals surface area (Å²) >= 11 is 17.8. The number of halogens is 3. The van der Waals surface area contributed by atoms with E-state index in [9.17, 15) is 4.79 Å². The van der Waals surface area contributed by atoms with E-state index in [4.69, 9.17) is 40.5 Å². The number of hydrogen-bond donors (Lipinski definition) is 2. The summed E-state index contributed by atoms with van der Waals surface area (Å²) in [7, 11) is 0. The van der Waals surface area contributed by atoms with Crippen LogP contribution in [-0.4, -0.2) is 12.5 Å². The van der Waals surface area contributed by atoms with Gasteiger partial charge in [0, 0.05) is 6.54 Å². The van der Waals surface area contributed by atoms with Crippen molar-refractivity contribution in [3.63, 3.8) is 0 Å². The van der Waals surface area contributed by atoms with Gasteiger partial charge in [-0.15, -0.1) is 0 Å². The van der Waals surface area contributed by atoms with Crippen LogP contribution in [0.4, 0.5) is 5.69 Å². The summed E-state index contributed by atoms with van der Waals surface area (Å²) in [5.74, 6) is -0.0900. The van der Waals surface area contributed by atoms with Crippen LogP contribution in [0.3, 0.4) is 0 Å². The Morgan fingerprint density at radius 1 is 1.16 bits per heavy atom. The normalized spacial score (nSPS) is 17.5. The highest BCUT2D eigenvalue weighted by molar-refractivity contribution is 6.44. The minimum atomic E-state index is -0.477. The SMILES string of the molecule is NCC1(C(=O)Nc2cc(Cl)c(Cl)cc2Cl)CCCC1. The highest BCUT2D eigenvalue weighted by atomic mass is 35.5. The molecule has 6 heteroatoms. The average molecular weight is 322 g/mol. The van der Waals surface area contributed by atoms with E-state index in [1.807, 2.05) is 0 Å². The Morgan fingerprint density at radius 2 is 1.74 bits per heavy atom. The third-order valence-corrected chi connectivity index (χ3v) is 4.73. The molecule has 1 amide bonds. The maximum atomic E-state index is 12.4. The van der Waals surface area contributed by atoms with Gasteiger partial charge in [0.25, 0.3) is 0 Å². The Balaban J connectivity index is 2.21. The van der Waals surface area contributed by atoms with Crippen molar-refractivity contribution < 1.29 is 4.79 Å². The molecule has 2 rings (SSSR count).